The first-order valence-electron chi connectivity index (χ1n) is 7.74. The molecule has 0 spiro atoms. The summed E-state index contributed by atoms with van der Waals surface area (Å²) in [4.78, 5) is 4.66. The molecule has 0 saturated carbocycles. The molecular formula is C20H17Cl2NO2. The molecule has 0 amide bonds. The van der Waals surface area contributed by atoms with Crippen LogP contribution in [0.3, 0.4) is 0 Å². The normalized spacial score (nSPS) is 12.0. The summed E-state index contributed by atoms with van der Waals surface area (Å²) in [6.45, 7) is 1.98. The molecule has 0 aliphatic rings. The molecule has 3 aromatic rings. The van der Waals surface area contributed by atoms with Crippen molar-refractivity contribution in [3.05, 3.63) is 81.5 Å². The van der Waals surface area contributed by atoms with Gasteiger partial charge in [-0.25, -0.2) is 4.98 Å². The fraction of sp³-hybridized carbons (Fsp3) is 0.150. The molecule has 1 N–H and O–H groups in total. The van der Waals surface area contributed by atoms with Crippen molar-refractivity contribution in [2.75, 3.05) is 7.11 Å². The third kappa shape index (κ3) is 3.79. The summed E-state index contributed by atoms with van der Waals surface area (Å²) in [6, 6.07) is 16.4. The van der Waals surface area contributed by atoms with E-state index < -0.39 is 6.10 Å². The molecule has 128 valence electrons. The Morgan fingerprint density at radius 2 is 1.72 bits per heavy atom. The Labute approximate surface area is 156 Å². The zero-order valence-electron chi connectivity index (χ0n) is 13.8. The van der Waals surface area contributed by atoms with E-state index in [0.29, 0.717) is 21.3 Å². The maximum Gasteiger partial charge on any atom is 0.122 e. The zero-order valence-corrected chi connectivity index (χ0v) is 15.3. The molecule has 2 aromatic carbocycles. The maximum absolute atomic E-state index is 10.7. The second-order valence-corrected chi connectivity index (χ2v) is 6.54. The Morgan fingerprint density at radius 1 is 1.00 bits per heavy atom. The number of aromatic nitrogens is 1. The van der Waals surface area contributed by atoms with Gasteiger partial charge in [-0.3, -0.25) is 0 Å². The van der Waals surface area contributed by atoms with Gasteiger partial charge < -0.3 is 9.84 Å². The minimum Gasteiger partial charge on any atom is -0.497 e. The van der Waals surface area contributed by atoms with Gasteiger partial charge in [0.1, 0.15) is 11.9 Å². The van der Waals surface area contributed by atoms with Gasteiger partial charge in [0.05, 0.1) is 18.5 Å². The molecule has 0 radical (unpaired) electrons. The van der Waals surface area contributed by atoms with Crippen LogP contribution in [-0.4, -0.2) is 17.2 Å². The van der Waals surface area contributed by atoms with Gasteiger partial charge in [0.2, 0.25) is 0 Å². The third-order valence-corrected chi connectivity index (χ3v) is 4.58. The first kappa shape index (κ1) is 17.7. The summed E-state index contributed by atoms with van der Waals surface area (Å²) in [5.74, 6) is 0.783. The molecular weight excluding hydrogens is 357 g/mol. The van der Waals surface area contributed by atoms with Crippen LogP contribution in [0.5, 0.6) is 5.75 Å². The van der Waals surface area contributed by atoms with Gasteiger partial charge in [0, 0.05) is 21.2 Å². The number of methoxy groups -OCH3 is 1. The summed E-state index contributed by atoms with van der Waals surface area (Å²) in [6.07, 6.45) is -0.928. The maximum atomic E-state index is 10.7. The molecule has 1 heterocycles. The number of aliphatic hydroxyl groups is 1. The molecule has 3 nitrogen and oxygen atoms in total. The SMILES string of the molecule is COc1ccc(-c2nc(C(O)c3ccc(Cl)cc3Cl)ccc2C)cc1. The van der Waals surface area contributed by atoms with Crippen LogP contribution in [0.15, 0.2) is 54.6 Å². The van der Waals surface area contributed by atoms with E-state index in [1.54, 1.807) is 31.4 Å². The molecule has 0 aliphatic carbocycles. The Hall–Kier alpha value is -2.07. The lowest BCUT2D eigenvalue weighted by molar-refractivity contribution is 0.215. The summed E-state index contributed by atoms with van der Waals surface area (Å²) in [5.41, 5.74) is 3.88. The predicted molar refractivity (Wildman–Crippen MR) is 101 cm³/mol. The van der Waals surface area contributed by atoms with Crippen molar-refractivity contribution in [2.45, 2.75) is 13.0 Å². The molecule has 0 saturated heterocycles. The van der Waals surface area contributed by atoms with Crippen molar-refractivity contribution in [2.24, 2.45) is 0 Å². The number of aliphatic hydroxyl groups excluding tert-OH is 1. The van der Waals surface area contributed by atoms with Crippen LogP contribution in [0.25, 0.3) is 11.3 Å². The second kappa shape index (κ2) is 7.44. The molecule has 1 aromatic heterocycles. The summed E-state index contributed by atoms with van der Waals surface area (Å²) in [5, 5.41) is 11.6. The highest BCUT2D eigenvalue weighted by Crippen LogP contribution is 2.31. The zero-order chi connectivity index (χ0) is 18.0. The van der Waals surface area contributed by atoms with E-state index in [4.69, 9.17) is 27.9 Å². The minimum atomic E-state index is -0.928. The van der Waals surface area contributed by atoms with Gasteiger partial charge in [-0.2, -0.15) is 0 Å². The van der Waals surface area contributed by atoms with Crippen LogP contribution >= 0.6 is 23.2 Å². The third-order valence-electron chi connectivity index (χ3n) is 4.02. The number of hydrogen-bond acceptors (Lipinski definition) is 3. The molecule has 3 rings (SSSR count). The quantitative estimate of drug-likeness (QED) is 0.660. The molecule has 1 atom stereocenters. The summed E-state index contributed by atoms with van der Waals surface area (Å²) >= 11 is 12.1. The van der Waals surface area contributed by atoms with Crippen LogP contribution in [-0.2, 0) is 0 Å². The number of hydrogen-bond donors (Lipinski definition) is 1. The number of ether oxygens (including phenoxy) is 1. The van der Waals surface area contributed by atoms with E-state index in [2.05, 4.69) is 4.98 Å². The number of aryl methyl sites for hydroxylation is 1. The van der Waals surface area contributed by atoms with E-state index in [9.17, 15) is 5.11 Å². The van der Waals surface area contributed by atoms with Gasteiger partial charge in [-0.1, -0.05) is 35.3 Å². The fourth-order valence-corrected chi connectivity index (χ4v) is 3.13. The highest BCUT2D eigenvalue weighted by Gasteiger charge is 2.17. The Morgan fingerprint density at radius 3 is 2.36 bits per heavy atom. The lowest BCUT2D eigenvalue weighted by atomic mass is 10.0. The number of pyridine rings is 1. The smallest absolute Gasteiger partial charge is 0.122 e. The van der Waals surface area contributed by atoms with Crippen LogP contribution in [0, 0.1) is 6.92 Å². The minimum absolute atomic E-state index is 0.411. The lowest BCUT2D eigenvalue weighted by Crippen LogP contribution is -2.05. The van der Waals surface area contributed by atoms with Gasteiger partial charge in [0.15, 0.2) is 0 Å². The van der Waals surface area contributed by atoms with E-state index in [1.165, 1.54) is 0 Å². The van der Waals surface area contributed by atoms with Crippen LogP contribution < -0.4 is 4.74 Å². The summed E-state index contributed by atoms with van der Waals surface area (Å²) in [7, 11) is 1.63. The molecule has 25 heavy (non-hydrogen) atoms. The van der Waals surface area contributed by atoms with E-state index in [1.807, 2.05) is 37.3 Å². The Kier molecular flexibility index (Phi) is 5.28. The van der Waals surface area contributed by atoms with Crippen molar-refractivity contribution in [3.8, 4) is 17.0 Å². The van der Waals surface area contributed by atoms with Crippen LogP contribution in [0.1, 0.15) is 22.9 Å². The Bertz CT molecular complexity index is 895. The van der Waals surface area contributed by atoms with Gasteiger partial charge in [-0.15, -0.1) is 0 Å². The van der Waals surface area contributed by atoms with Gasteiger partial charge in [0.25, 0.3) is 0 Å². The van der Waals surface area contributed by atoms with Gasteiger partial charge in [-0.05, 0) is 55.0 Å². The van der Waals surface area contributed by atoms with Gasteiger partial charge >= 0.3 is 0 Å². The average Bonchev–Trinajstić information content (AvgIpc) is 2.62. The fourth-order valence-electron chi connectivity index (χ4n) is 2.62. The molecule has 0 fully saturated rings. The number of rotatable bonds is 4. The molecule has 0 aliphatic heterocycles. The topological polar surface area (TPSA) is 42.4 Å². The highest BCUT2D eigenvalue weighted by molar-refractivity contribution is 6.35. The monoisotopic (exact) mass is 373 g/mol. The second-order valence-electron chi connectivity index (χ2n) is 5.70. The van der Waals surface area contributed by atoms with Crippen molar-refractivity contribution in [1.82, 2.24) is 4.98 Å². The number of halogens is 2. The van der Waals surface area contributed by atoms with E-state index in [0.717, 1.165) is 22.6 Å². The van der Waals surface area contributed by atoms with Crippen LogP contribution in [0.4, 0.5) is 0 Å². The van der Waals surface area contributed by atoms with E-state index >= 15 is 0 Å². The first-order chi connectivity index (χ1) is 12.0. The van der Waals surface area contributed by atoms with Crippen LogP contribution in [0.2, 0.25) is 10.0 Å². The highest BCUT2D eigenvalue weighted by atomic mass is 35.5. The van der Waals surface area contributed by atoms with Crippen molar-refractivity contribution in [1.29, 1.82) is 0 Å². The van der Waals surface area contributed by atoms with E-state index in [-0.39, 0.29) is 0 Å². The Balaban J connectivity index is 2.00. The standard InChI is InChI=1S/C20H17Cl2NO2/c1-12-3-10-18(20(24)16-9-6-14(21)11-17(16)22)23-19(12)13-4-7-15(25-2)8-5-13/h3-11,20,24H,1-2H3. The molecule has 0 bridgehead atoms. The molecule has 5 heteroatoms. The predicted octanol–water partition coefficient (Wildman–Crippen LogP) is 5.45. The summed E-state index contributed by atoms with van der Waals surface area (Å²) < 4.78 is 5.19. The van der Waals surface area contributed by atoms with Crippen molar-refractivity contribution >= 4 is 23.2 Å². The molecule has 1 unspecified atom stereocenters. The first-order valence-corrected chi connectivity index (χ1v) is 8.50. The number of nitrogens with zero attached hydrogens (tertiary/aromatic N) is 1. The van der Waals surface area contributed by atoms with Crippen molar-refractivity contribution in [3.63, 3.8) is 0 Å². The van der Waals surface area contributed by atoms with Crippen molar-refractivity contribution < 1.29 is 9.84 Å². The lowest BCUT2D eigenvalue weighted by Gasteiger charge is -2.15. The number of benzene rings is 2. The largest absolute Gasteiger partial charge is 0.497 e. The average molecular weight is 374 g/mol.